The number of hydrogen-bond donors (Lipinski definition) is 1. The highest BCUT2D eigenvalue weighted by Gasteiger charge is 2.29. The SMILES string of the molecule is COCC(C)c1nc(C2CC2)c(Br)c(=O)[nH]1. The third-order valence-electron chi connectivity index (χ3n) is 2.75. The molecule has 1 atom stereocenters. The smallest absolute Gasteiger partial charge is 0.265 e. The third kappa shape index (κ3) is 2.35. The second-order valence-electron chi connectivity index (χ2n) is 4.28. The molecule has 1 aliphatic carbocycles. The fourth-order valence-electron chi connectivity index (χ4n) is 1.68. The lowest BCUT2D eigenvalue weighted by molar-refractivity contribution is 0.181. The van der Waals surface area contributed by atoms with Gasteiger partial charge in [0.25, 0.3) is 5.56 Å². The minimum atomic E-state index is -0.0881. The van der Waals surface area contributed by atoms with Gasteiger partial charge in [-0.1, -0.05) is 6.92 Å². The van der Waals surface area contributed by atoms with Crippen molar-refractivity contribution in [1.29, 1.82) is 0 Å². The highest BCUT2D eigenvalue weighted by molar-refractivity contribution is 9.10. The number of hydrogen-bond acceptors (Lipinski definition) is 3. The van der Waals surface area contributed by atoms with Gasteiger partial charge < -0.3 is 9.72 Å². The molecule has 16 heavy (non-hydrogen) atoms. The van der Waals surface area contributed by atoms with Gasteiger partial charge in [-0.05, 0) is 28.8 Å². The van der Waals surface area contributed by atoms with Crippen LogP contribution in [-0.2, 0) is 4.74 Å². The van der Waals surface area contributed by atoms with E-state index < -0.39 is 0 Å². The minimum absolute atomic E-state index is 0.0881. The highest BCUT2D eigenvalue weighted by Crippen LogP contribution is 2.41. The van der Waals surface area contributed by atoms with Gasteiger partial charge in [-0.2, -0.15) is 0 Å². The summed E-state index contributed by atoms with van der Waals surface area (Å²) in [5, 5.41) is 0. The van der Waals surface area contributed by atoms with Crippen molar-refractivity contribution in [3.05, 3.63) is 26.3 Å². The molecule has 1 saturated carbocycles. The molecular weight excluding hydrogens is 272 g/mol. The second-order valence-corrected chi connectivity index (χ2v) is 5.07. The Morgan fingerprint density at radius 1 is 1.62 bits per heavy atom. The minimum Gasteiger partial charge on any atom is -0.384 e. The first kappa shape index (κ1) is 11.8. The predicted molar refractivity (Wildman–Crippen MR) is 64.8 cm³/mol. The van der Waals surface area contributed by atoms with Crippen molar-refractivity contribution in [3.8, 4) is 0 Å². The largest absolute Gasteiger partial charge is 0.384 e. The molecule has 0 aliphatic heterocycles. The summed E-state index contributed by atoms with van der Waals surface area (Å²) in [6.45, 7) is 2.56. The van der Waals surface area contributed by atoms with Crippen molar-refractivity contribution in [2.24, 2.45) is 0 Å². The normalized spacial score (nSPS) is 17.4. The van der Waals surface area contributed by atoms with Crippen molar-refractivity contribution in [2.75, 3.05) is 13.7 Å². The van der Waals surface area contributed by atoms with Crippen LogP contribution in [0, 0.1) is 0 Å². The van der Waals surface area contributed by atoms with Crippen molar-refractivity contribution < 1.29 is 4.74 Å². The van der Waals surface area contributed by atoms with Crippen LogP contribution in [-0.4, -0.2) is 23.7 Å². The maximum absolute atomic E-state index is 11.7. The Hall–Kier alpha value is -0.680. The Kier molecular flexibility index (Phi) is 3.44. The van der Waals surface area contributed by atoms with E-state index in [4.69, 9.17) is 4.74 Å². The number of H-pyrrole nitrogens is 1. The van der Waals surface area contributed by atoms with Crippen molar-refractivity contribution >= 4 is 15.9 Å². The molecule has 0 bridgehead atoms. The third-order valence-corrected chi connectivity index (χ3v) is 3.52. The summed E-state index contributed by atoms with van der Waals surface area (Å²) in [6, 6.07) is 0. The van der Waals surface area contributed by atoms with Crippen LogP contribution < -0.4 is 5.56 Å². The van der Waals surface area contributed by atoms with Crippen LogP contribution in [0.3, 0.4) is 0 Å². The molecule has 1 heterocycles. The summed E-state index contributed by atoms with van der Waals surface area (Å²) in [6.07, 6.45) is 2.26. The van der Waals surface area contributed by atoms with Crippen molar-refractivity contribution in [1.82, 2.24) is 9.97 Å². The number of halogens is 1. The number of methoxy groups -OCH3 is 1. The molecule has 1 aromatic rings. The highest BCUT2D eigenvalue weighted by atomic mass is 79.9. The Labute approximate surface area is 103 Å². The molecule has 0 amide bonds. The predicted octanol–water partition coefficient (Wildman–Crippen LogP) is 2.16. The molecule has 1 N–H and O–H groups in total. The van der Waals surface area contributed by atoms with E-state index in [0.29, 0.717) is 17.0 Å². The Morgan fingerprint density at radius 3 is 2.88 bits per heavy atom. The van der Waals surface area contributed by atoms with Gasteiger partial charge in [0.2, 0.25) is 0 Å². The Morgan fingerprint density at radius 2 is 2.31 bits per heavy atom. The van der Waals surface area contributed by atoms with Gasteiger partial charge in [0.05, 0.1) is 12.3 Å². The van der Waals surface area contributed by atoms with E-state index in [0.717, 1.165) is 24.4 Å². The summed E-state index contributed by atoms with van der Waals surface area (Å²) >= 11 is 3.31. The Bertz CT molecular complexity index is 440. The molecule has 0 aromatic carbocycles. The van der Waals surface area contributed by atoms with Gasteiger partial charge in [0.1, 0.15) is 10.3 Å². The molecule has 4 nitrogen and oxygen atoms in total. The average molecular weight is 287 g/mol. The molecule has 5 heteroatoms. The van der Waals surface area contributed by atoms with Crippen LogP contribution in [0.15, 0.2) is 9.27 Å². The van der Waals surface area contributed by atoms with E-state index >= 15 is 0 Å². The summed E-state index contributed by atoms with van der Waals surface area (Å²) in [7, 11) is 1.65. The molecule has 88 valence electrons. The summed E-state index contributed by atoms with van der Waals surface area (Å²) in [5.74, 6) is 1.30. The fourth-order valence-corrected chi connectivity index (χ4v) is 2.20. The van der Waals surface area contributed by atoms with Crippen LogP contribution in [0.1, 0.15) is 43.1 Å². The van der Waals surface area contributed by atoms with Gasteiger partial charge >= 0.3 is 0 Å². The van der Waals surface area contributed by atoms with Crippen molar-refractivity contribution in [3.63, 3.8) is 0 Å². The summed E-state index contributed by atoms with van der Waals surface area (Å²) in [5.41, 5.74) is 0.816. The topological polar surface area (TPSA) is 55.0 Å². The first-order chi connectivity index (χ1) is 7.63. The number of aromatic amines is 1. The van der Waals surface area contributed by atoms with Gasteiger partial charge in [0.15, 0.2) is 0 Å². The average Bonchev–Trinajstić information content (AvgIpc) is 3.06. The lowest BCUT2D eigenvalue weighted by Gasteiger charge is -2.11. The number of nitrogens with zero attached hydrogens (tertiary/aromatic N) is 1. The van der Waals surface area contributed by atoms with Crippen molar-refractivity contribution in [2.45, 2.75) is 31.6 Å². The maximum Gasteiger partial charge on any atom is 0.265 e. The lowest BCUT2D eigenvalue weighted by Crippen LogP contribution is -2.18. The van der Waals surface area contributed by atoms with Crippen LogP contribution in [0.4, 0.5) is 0 Å². The molecule has 0 saturated heterocycles. The molecule has 1 aliphatic rings. The number of nitrogens with one attached hydrogen (secondary N) is 1. The molecule has 1 aromatic heterocycles. The van der Waals surface area contributed by atoms with Crippen LogP contribution in [0.5, 0.6) is 0 Å². The molecule has 1 unspecified atom stereocenters. The fraction of sp³-hybridized carbons (Fsp3) is 0.636. The van der Waals surface area contributed by atoms with E-state index in [2.05, 4.69) is 25.9 Å². The van der Waals surface area contributed by atoms with E-state index in [1.54, 1.807) is 7.11 Å². The van der Waals surface area contributed by atoms with Gasteiger partial charge in [-0.15, -0.1) is 0 Å². The molecule has 0 radical (unpaired) electrons. The molecule has 1 fully saturated rings. The number of ether oxygens (including phenoxy) is 1. The quantitative estimate of drug-likeness (QED) is 0.923. The zero-order valence-electron chi connectivity index (χ0n) is 9.42. The zero-order chi connectivity index (χ0) is 11.7. The van der Waals surface area contributed by atoms with Crippen LogP contribution in [0.2, 0.25) is 0 Å². The van der Waals surface area contributed by atoms with Crippen LogP contribution in [0.25, 0.3) is 0 Å². The first-order valence-corrected chi connectivity index (χ1v) is 6.21. The van der Waals surface area contributed by atoms with E-state index in [9.17, 15) is 4.79 Å². The summed E-state index contributed by atoms with van der Waals surface area (Å²) < 4.78 is 5.66. The molecule has 0 spiro atoms. The number of rotatable bonds is 4. The van der Waals surface area contributed by atoms with Gasteiger partial charge in [-0.3, -0.25) is 4.79 Å². The van der Waals surface area contributed by atoms with Crippen LogP contribution >= 0.6 is 15.9 Å². The Balaban J connectivity index is 2.36. The van der Waals surface area contributed by atoms with Gasteiger partial charge in [0, 0.05) is 18.9 Å². The van der Waals surface area contributed by atoms with E-state index in [-0.39, 0.29) is 11.5 Å². The standard InChI is InChI=1S/C11H15BrN2O2/c1-6(5-16-2)10-13-9(7-3-4-7)8(12)11(15)14-10/h6-7H,3-5H2,1-2H3,(H,13,14,15). The molecule has 2 rings (SSSR count). The first-order valence-electron chi connectivity index (χ1n) is 5.42. The van der Waals surface area contributed by atoms with Gasteiger partial charge in [-0.25, -0.2) is 4.98 Å². The van der Waals surface area contributed by atoms with E-state index in [1.165, 1.54) is 0 Å². The monoisotopic (exact) mass is 286 g/mol. The lowest BCUT2D eigenvalue weighted by atomic mass is 10.1. The summed E-state index contributed by atoms with van der Waals surface area (Å²) in [4.78, 5) is 19.0. The maximum atomic E-state index is 11.7. The number of aromatic nitrogens is 2. The van der Waals surface area contributed by atoms with E-state index in [1.807, 2.05) is 6.92 Å². The molecular formula is C11H15BrN2O2. The second kappa shape index (κ2) is 4.67. The zero-order valence-corrected chi connectivity index (χ0v) is 11.0.